The third-order valence-electron chi connectivity index (χ3n) is 1.08. The first kappa shape index (κ1) is 7.05. The summed E-state index contributed by atoms with van der Waals surface area (Å²) in [5.74, 6) is -0.675. The fourth-order valence-corrected chi connectivity index (χ4v) is 0.585. The average Bonchev–Trinajstić information content (AvgIpc) is 1.97. The molecule has 0 radical (unpaired) electrons. The second-order valence-corrected chi connectivity index (χ2v) is 2.10. The van der Waals surface area contributed by atoms with Crippen LogP contribution in [0.5, 0.6) is 0 Å². The predicted molar refractivity (Wildman–Crippen MR) is 36.9 cm³/mol. The Kier molecular flexibility index (Phi) is 3.37. The van der Waals surface area contributed by atoms with Crippen LogP contribution >= 0.6 is 0 Å². The minimum atomic E-state index is -0.351. The summed E-state index contributed by atoms with van der Waals surface area (Å²) in [6.07, 6.45) is 1.82. The van der Waals surface area contributed by atoms with Crippen LogP contribution in [0.15, 0.2) is 0 Å². The largest absolute Gasteiger partial charge is 0.370 e. The summed E-state index contributed by atoms with van der Waals surface area (Å²) in [6, 6.07) is 0. The van der Waals surface area contributed by atoms with Crippen molar-refractivity contribution in [2.24, 2.45) is 11.5 Å². The minimum Gasteiger partial charge on any atom is -0.370 e. The maximum atomic E-state index is 10.4. The zero-order chi connectivity index (χ0) is 8.69. The van der Waals surface area contributed by atoms with E-state index in [1.54, 1.807) is 5.73 Å². The van der Waals surface area contributed by atoms with Crippen LogP contribution in [0.4, 0.5) is 0 Å². The molecule has 0 bridgehead atoms. The summed E-state index contributed by atoms with van der Waals surface area (Å²) in [4.78, 5) is 20.6. The summed E-state index contributed by atoms with van der Waals surface area (Å²) in [5, 5.41) is 0. The average molecular weight is 145 g/mol. The van der Waals surface area contributed by atoms with Gasteiger partial charge in [-0.05, 0) is 12.8 Å². The molecule has 0 heterocycles. The number of nitrogens with two attached hydrogens (primary N) is 2. The first-order valence-corrected chi connectivity index (χ1v) is 3.15. The lowest BCUT2D eigenvalue weighted by Crippen LogP contribution is -2.12. The Bertz CT molecular complexity index is 150. The van der Waals surface area contributed by atoms with E-state index in [4.69, 9.17) is 7.15 Å². The monoisotopic (exact) mass is 145 g/mol. The van der Waals surface area contributed by atoms with Gasteiger partial charge in [0, 0.05) is 12.8 Å². The van der Waals surface area contributed by atoms with Crippen LogP contribution in [0.3, 0.4) is 0 Å². The quantitative estimate of drug-likeness (QED) is 0.512. The number of hydrogen-bond acceptors (Lipinski definition) is 2. The summed E-state index contributed by atoms with van der Waals surface area (Å²) < 4.78 is 6.44. The number of amides is 2. The van der Waals surface area contributed by atoms with Crippen LogP contribution in [-0.2, 0) is 9.59 Å². The lowest BCUT2D eigenvalue weighted by molar-refractivity contribution is -0.119. The highest BCUT2D eigenvalue weighted by molar-refractivity contribution is 5.74. The Labute approximate surface area is 61.0 Å². The van der Waals surface area contributed by atoms with Gasteiger partial charge in [-0.3, -0.25) is 9.59 Å². The van der Waals surface area contributed by atoms with Gasteiger partial charge in [-0.15, -0.1) is 0 Å². The molecule has 4 heteroatoms. The van der Waals surface area contributed by atoms with E-state index in [0.29, 0.717) is 19.3 Å². The van der Waals surface area contributed by atoms with Gasteiger partial charge in [0.1, 0.15) is 0 Å². The zero-order valence-electron chi connectivity index (χ0n) is 6.72. The highest BCUT2D eigenvalue weighted by Gasteiger charge is 1.96. The van der Waals surface area contributed by atoms with E-state index < -0.39 is 0 Å². The van der Waals surface area contributed by atoms with Crippen molar-refractivity contribution in [1.29, 1.82) is 0 Å². The molecule has 0 unspecified atom stereocenters. The smallest absolute Gasteiger partial charge is 0.217 e. The Hall–Kier alpha value is -1.06. The van der Waals surface area contributed by atoms with Gasteiger partial charge in [0.25, 0.3) is 0 Å². The van der Waals surface area contributed by atoms with Crippen molar-refractivity contribution >= 4 is 11.8 Å². The number of hydrogen-bond donors (Lipinski definition) is 2. The Balaban J connectivity index is 3.14. The van der Waals surface area contributed by atoms with Gasteiger partial charge in [-0.1, -0.05) is 0 Å². The lowest BCUT2D eigenvalue weighted by Gasteiger charge is -1.93. The molecule has 0 fully saturated rings. The normalized spacial score (nSPS) is 10.2. The third kappa shape index (κ3) is 6.94. The van der Waals surface area contributed by atoms with Gasteiger partial charge in [0.05, 0.1) is 0 Å². The molecule has 0 aromatic carbocycles. The van der Waals surface area contributed by atoms with Crippen LogP contribution in [0.25, 0.3) is 0 Å². The number of carbonyl (C=O) groups is 2. The van der Waals surface area contributed by atoms with E-state index in [-0.39, 0.29) is 18.2 Å². The van der Waals surface area contributed by atoms with E-state index in [9.17, 15) is 9.59 Å². The number of rotatable bonds is 5. The van der Waals surface area contributed by atoms with E-state index in [0.717, 1.165) is 0 Å². The molecular weight excluding hydrogens is 132 g/mol. The van der Waals surface area contributed by atoms with Gasteiger partial charge in [-0.25, -0.2) is 0 Å². The van der Waals surface area contributed by atoms with Crippen molar-refractivity contribution in [2.75, 3.05) is 0 Å². The maximum Gasteiger partial charge on any atom is 0.217 e. The van der Waals surface area contributed by atoms with Crippen LogP contribution in [-0.4, -0.2) is 11.8 Å². The van der Waals surface area contributed by atoms with E-state index in [1.807, 2.05) is 0 Å². The SMILES string of the molecule is [2H]NC(=O)CCCCC(N)=O. The molecule has 0 saturated carbocycles. The number of primary amides is 2. The van der Waals surface area contributed by atoms with Crippen LogP contribution in [0.1, 0.15) is 25.7 Å². The van der Waals surface area contributed by atoms with Crippen molar-refractivity contribution in [2.45, 2.75) is 25.7 Å². The van der Waals surface area contributed by atoms with E-state index in [2.05, 4.69) is 0 Å². The second-order valence-electron chi connectivity index (χ2n) is 2.10. The number of carbonyl (C=O) groups excluding carboxylic acids is 2. The van der Waals surface area contributed by atoms with Crippen molar-refractivity contribution in [1.82, 2.24) is 0 Å². The molecule has 0 spiro atoms. The van der Waals surface area contributed by atoms with Gasteiger partial charge >= 0.3 is 0 Å². The van der Waals surface area contributed by atoms with E-state index in [1.165, 1.54) is 0 Å². The topological polar surface area (TPSA) is 86.2 Å². The van der Waals surface area contributed by atoms with E-state index >= 15 is 0 Å². The van der Waals surface area contributed by atoms with Crippen LogP contribution in [0.2, 0.25) is 1.41 Å². The highest BCUT2D eigenvalue weighted by Crippen LogP contribution is 1.97. The van der Waals surface area contributed by atoms with Gasteiger partial charge in [0.2, 0.25) is 11.8 Å². The predicted octanol–water partition coefficient (Wildman–Crippen LogP) is -0.483. The Morgan fingerprint density at radius 2 is 1.70 bits per heavy atom. The molecule has 4 N–H and O–H groups in total. The second kappa shape index (κ2) is 4.78. The third-order valence-corrected chi connectivity index (χ3v) is 1.08. The van der Waals surface area contributed by atoms with Crippen molar-refractivity contribution < 1.29 is 11.0 Å². The lowest BCUT2D eigenvalue weighted by atomic mass is 10.2. The molecule has 58 valence electrons. The molecule has 0 atom stereocenters. The van der Waals surface area contributed by atoms with Gasteiger partial charge in [-0.2, -0.15) is 0 Å². The molecule has 2 amide bonds. The van der Waals surface area contributed by atoms with Gasteiger partial charge in [0.15, 0.2) is 1.41 Å². The first-order valence-electron chi connectivity index (χ1n) is 3.65. The molecule has 0 aromatic rings. The number of unbranched alkanes of at least 4 members (excludes halogenated alkanes) is 1. The van der Waals surface area contributed by atoms with Crippen molar-refractivity contribution in [3.8, 4) is 0 Å². The van der Waals surface area contributed by atoms with Crippen LogP contribution < -0.4 is 11.5 Å². The molecule has 0 aliphatic carbocycles. The molecule has 0 rings (SSSR count). The molecular formula is C6H12N2O2. The molecule has 0 saturated heterocycles. The molecule has 4 nitrogen and oxygen atoms in total. The summed E-state index contributed by atoms with van der Waals surface area (Å²) >= 11 is 0. The highest BCUT2D eigenvalue weighted by atomic mass is 16.1. The first-order chi connectivity index (χ1) is 5.16. The molecule has 0 aliphatic rings. The fraction of sp³-hybridized carbons (Fsp3) is 0.667. The molecule has 10 heavy (non-hydrogen) atoms. The van der Waals surface area contributed by atoms with Crippen molar-refractivity contribution in [3.63, 3.8) is 0 Å². The van der Waals surface area contributed by atoms with Crippen LogP contribution in [0, 0.1) is 0 Å². The Morgan fingerprint density at radius 1 is 1.20 bits per heavy atom. The van der Waals surface area contributed by atoms with Gasteiger partial charge < -0.3 is 11.5 Å². The fourth-order valence-electron chi connectivity index (χ4n) is 0.585. The zero-order valence-corrected chi connectivity index (χ0v) is 5.72. The molecule has 0 aliphatic heterocycles. The maximum absolute atomic E-state index is 10.4. The Morgan fingerprint density at radius 3 is 2.10 bits per heavy atom. The summed E-state index contributed by atoms with van der Waals surface area (Å²) in [5.41, 5.74) is 6.61. The van der Waals surface area contributed by atoms with Crippen molar-refractivity contribution in [3.05, 3.63) is 0 Å². The summed E-state index contributed by atoms with van der Waals surface area (Å²) in [7, 11) is 0. The summed E-state index contributed by atoms with van der Waals surface area (Å²) in [6.45, 7) is 0. The standard InChI is InChI=1S/C6H12N2O2/c7-5(9)3-1-2-4-6(8)10/h1-4H2,(H2,7,9)(H2,8,10)/i/hD. The minimum absolute atomic E-state index is 0.288. The molecule has 0 aromatic heterocycles.